The molecule has 0 aromatic carbocycles. The molecule has 19 heavy (non-hydrogen) atoms. The van der Waals surface area contributed by atoms with Gasteiger partial charge in [0.25, 0.3) is 0 Å². The molecular weight excluding hydrogens is 245 g/mol. The van der Waals surface area contributed by atoms with E-state index in [1.807, 2.05) is 11.8 Å². The summed E-state index contributed by atoms with van der Waals surface area (Å²) in [5, 5.41) is 3.14. The molecule has 1 aromatic heterocycles. The van der Waals surface area contributed by atoms with Crippen molar-refractivity contribution >= 4 is 5.91 Å². The Morgan fingerprint density at radius 1 is 1.42 bits per heavy atom. The molecular formula is C14H20FN3O. The van der Waals surface area contributed by atoms with Gasteiger partial charge in [0.05, 0.1) is 18.4 Å². The highest BCUT2D eigenvalue weighted by atomic mass is 19.1. The van der Waals surface area contributed by atoms with E-state index in [0.29, 0.717) is 6.54 Å². The topological polar surface area (TPSA) is 45.2 Å². The predicted octanol–water partition coefficient (Wildman–Crippen LogP) is 1.88. The lowest BCUT2D eigenvalue weighted by molar-refractivity contribution is -0.131. The number of pyridine rings is 1. The van der Waals surface area contributed by atoms with Crippen LogP contribution < -0.4 is 5.32 Å². The summed E-state index contributed by atoms with van der Waals surface area (Å²) in [6.07, 6.45) is 4.61. The van der Waals surface area contributed by atoms with Crippen LogP contribution >= 0.6 is 0 Å². The van der Waals surface area contributed by atoms with Gasteiger partial charge < -0.3 is 10.2 Å². The third-order valence-corrected chi connectivity index (χ3v) is 3.46. The first-order valence-corrected chi connectivity index (χ1v) is 6.79. The van der Waals surface area contributed by atoms with Gasteiger partial charge in [0.2, 0.25) is 5.91 Å². The molecule has 0 spiro atoms. The van der Waals surface area contributed by atoms with Crippen molar-refractivity contribution in [1.82, 2.24) is 15.2 Å². The van der Waals surface area contributed by atoms with Crippen LogP contribution in [0.4, 0.5) is 4.39 Å². The molecule has 1 aliphatic heterocycles. The number of halogens is 1. The lowest BCUT2D eigenvalue weighted by Crippen LogP contribution is -2.41. The third kappa shape index (κ3) is 3.99. The first-order valence-electron chi connectivity index (χ1n) is 6.79. The Kier molecular flexibility index (Phi) is 4.85. The number of amides is 1. The Bertz CT molecular complexity index is 415. The number of likely N-dealkylation sites (tertiary alicyclic amines) is 1. The van der Waals surface area contributed by atoms with Crippen LogP contribution in [-0.2, 0) is 4.79 Å². The van der Waals surface area contributed by atoms with Crippen LogP contribution in [0.2, 0.25) is 0 Å². The maximum absolute atomic E-state index is 12.8. The summed E-state index contributed by atoms with van der Waals surface area (Å²) in [6, 6.07) is 2.96. The molecule has 1 amide bonds. The van der Waals surface area contributed by atoms with Gasteiger partial charge >= 0.3 is 0 Å². The Hall–Kier alpha value is -1.49. The summed E-state index contributed by atoms with van der Waals surface area (Å²) in [5.41, 5.74) is 0.743. The minimum atomic E-state index is -0.347. The summed E-state index contributed by atoms with van der Waals surface area (Å²) in [4.78, 5) is 17.9. The average molecular weight is 265 g/mol. The highest BCUT2D eigenvalue weighted by Gasteiger charge is 2.17. The normalized spacial score (nSPS) is 17.3. The van der Waals surface area contributed by atoms with Crippen molar-refractivity contribution in [3.05, 3.63) is 29.8 Å². The van der Waals surface area contributed by atoms with E-state index in [1.165, 1.54) is 18.7 Å². The van der Waals surface area contributed by atoms with Gasteiger partial charge in [-0.2, -0.15) is 0 Å². The molecule has 4 nitrogen and oxygen atoms in total. The molecule has 0 bridgehead atoms. The van der Waals surface area contributed by atoms with Gasteiger partial charge in [-0.15, -0.1) is 0 Å². The van der Waals surface area contributed by atoms with Gasteiger partial charge in [0.1, 0.15) is 5.82 Å². The van der Waals surface area contributed by atoms with Gasteiger partial charge in [0, 0.05) is 19.1 Å². The lowest BCUT2D eigenvalue weighted by atomic mass is 10.1. The number of carbonyl (C=O) groups excluding carboxylic acids is 1. The Balaban J connectivity index is 1.80. The number of hydrogen-bond donors (Lipinski definition) is 1. The molecule has 0 aliphatic carbocycles. The number of nitrogens with one attached hydrogen (secondary N) is 1. The van der Waals surface area contributed by atoms with Crippen LogP contribution in [0, 0.1) is 5.82 Å². The van der Waals surface area contributed by atoms with Crippen LogP contribution in [0.1, 0.15) is 37.9 Å². The lowest BCUT2D eigenvalue weighted by Gasteiger charge is -2.27. The number of nitrogens with zero attached hydrogens (tertiary/aromatic N) is 2. The van der Waals surface area contributed by atoms with Crippen molar-refractivity contribution in [2.45, 2.75) is 32.2 Å². The summed E-state index contributed by atoms with van der Waals surface area (Å²) in [6.45, 7) is 3.96. The second-order valence-corrected chi connectivity index (χ2v) is 4.95. The quantitative estimate of drug-likeness (QED) is 0.904. The van der Waals surface area contributed by atoms with Crippen molar-refractivity contribution in [2.75, 3.05) is 19.6 Å². The molecule has 2 rings (SSSR count). The molecule has 1 atom stereocenters. The van der Waals surface area contributed by atoms with Crippen molar-refractivity contribution in [1.29, 1.82) is 0 Å². The summed E-state index contributed by atoms with van der Waals surface area (Å²) >= 11 is 0. The third-order valence-electron chi connectivity index (χ3n) is 3.46. The fraction of sp³-hybridized carbons (Fsp3) is 0.571. The van der Waals surface area contributed by atoms with Crippen LogP contribution in [-0.4, -0.2) is 35.4 Å². The van der Waals surface area contributed by atoms with Gasteiger partial charge in [-0.25, -0.2) is 4.39 Å². The van der Waals surface area contributed by atoms with Crippen LogP contribution in [0.5, 0.6) is 0 Å². The van der Waals surface area contributed by atoms with E-state index in [4.69, 9.17) is 0 Å². The number of piperidine rings is 1. The van der Waals surface area contributed by atoms with Crippen LogP contribution in [0.25, 0.3) is 0 Å². The zero-order chi connectivity index (χ0) is 13.7. The van der Waals surface area contributed by atoms with E-state index in [2.05, 4.69) is 10.3 Å². The van der Waals surface area contributed by atoms with Gasteiger partial charge in [-0.1, -0.05) is 0 Å². The van der Waals surface area contributed by atoms with Crippen molar-refractivity contribution in [3.8, 4) is 0 Å². The number of rotatable bonds is 4. The van der Waals surface area contributed by atoms with Crippen molar-refractivity contribution in [2.24, 2.45) is 0 Å². The molecule has 0 saturated carbocycles. The summed E-state index contributed by atoms with van der Waals surface area (Å²) < 4.78 is 12.8. The fourth-order valence-corrected chi connectivity index (χ4v) is 2.24. The minimum Gasteiger partial charge on any atom is -0.342 e. The molecule has 1 unspecified atom stereocenters. The zero-order valence-electron chi connectivity index (χ0n) is 11.2. The number of carbonyl (C=O) groups is 1. The summed E-state index contributed by atoms with van der Waals surface area (Å²) in [7, 11) is 0. The largest absolute Gasteiger partial charge is 0.342 e. The monoisotopic (exact) mass is 265 g/mol. The van der Waals surface area contributed by atoms with E-state index in [9.17, 15) is 9.18 Å². The molecule has 5 heteroatoms. The smallest absolute Gasteiger partial charge is 0.236 e. The Morgan fingerprint density at radius 3 is 2.79 bits per heavy atom. The van der Waals surface area contributed by atoms with Crippen LogP contribution in [0.15, 0.2) is 18.3 Å². The molecule has 1 fully saturated rings. The number of hydrogen-bond acceptors (Lipinski definition) is 3. The molecule has 2 heterocycles. The van der Waals surface area contributed by atoms with E-state index in [1.54, 1.807) is 6.07 Å². The predicted molar refractivity (Wildman–Crippen MR) is 71.0 cm³/mol. The molecule has 1 aromatic rings. The van der Waals surface area contributed by atoms with E-state index in [-0.39, 0.29) is 17.8 Å². The SMILES string of the molecule is CC(NCC(=O)N1CCCCC1)c1ccc(F)cn1. The maximum atomic E-state index is 12.8. The highest BCUT2D eigenvalue weighted by Crippen LogP contribution is 2.11. The molecule has 104 valence electrons. The second kappa shape index (κ2) is 6.61. The standard InChI is InChI=1S/C14H20FN3O/c1-11(13-6-5-12(15)9-17-13)16-10-14(19)18-7-3-2-4-8-18/h5-6,9,11,16H,2-4,7-8,10H2,1H3. The minimum absolute atomic E-state index is 0.0608. The average Bonchev–Trinajstić information content (AvgIpc) is 2.46. The molecule has 1 saturated heterocycles. The fourth-order valence-electron chi connectivity index (χ4n) is 2.24. The van der Waals surface area contributed by atoms with Gasteiger partial charge in [-0.3, -0.25) is 9.78 Å². The van der Waals surface area contributed by atoms with E-state index < -0.39 is 0 Å². The highest BCUT2D eigenvalue weighted by molar-refractivity contribution is 5.78. The van der Waals surface area contributed by atoms with Gasteiger partial charge in [-0.05, 0) is 38.3 Å². The summed E-state index contributed by atoms with van der Waals surface area (Å²) in [5.74, 6) is -0.214. The molecule has 1 N–H and O–H groups in total. The molecule has 1 aliphatic rings. The van der Waals surface area contributed by atoms with Crippen LogP contribution in [0.3, 0.4) is 0 Å². The Labute approximate surface area is 113 Å². The zero-order valence-corrected chi connectivity index (χ0v) is 11.2. The van der Waals surface area contributed by atoms with E-state index in [0.717, 1.165) is 31.6 Å². The van der Waals surface area contributed by atoms with Crippen molar-refractivity contribution in [3.63, 3.8) is 0 Å². The second-order valence-electron chi connectivity index (χ2n) is 4.95. The maximum Gasteiger partial charge on any atom is 0.236 e. The van der Waals surface area contributed by atoms with Gasteiger partial charge in [0.15, 0.2) is 0 Å². The van der Waals surface area contributed by atoms with Crippen molar-refractivity contribution < 1.29 is 9.18 Å². The Morgan fingerprint density at radius 2 is 2.16 bits per heavy atom. The first-order chi connectivity index (χ1) is 9.16. The molecule has 0 radical (unpaired) electrons. The first kappa shape index (κ1) is 13.9. The van der Waals surface area contributed by atoms with E-state index >= 15 is 0 Å². The number of aromatic nitrogens is 1.